The molecule has 0 aromatic carbocycles. The van der Waals surface area contributed by atoms with Crippen LogP contribution in [0.4, 0.5) is 5.82 Å². The van der Waals surface area contributed by atoms with Gasteiger partial charge in [-0.15, -0.1) is 0 Å². The summed E-state index contributed by atoms with van der Waals surface area (Å²) in [7, 11) is 0. The number of carbonyl (C=O) groups is 1. The zero-order valence-electron chi connectivity index (χ0n) is 8.09. The molecular formula is C9H11N3O2S. The number of hydrogen-bond acceptors (Lipinski definition) is 5. The lowest BCUT2D eigenvalue weighted by atomic mass is 10.4. The average Bonchev–Trinajstić information content (AvgIpc) is 2.30. The smallest absolute Gasteiger partial charge is 0.374 e. The second kappa shape index (κ2) is 4.48. The van der Waals surface area contributed by atoms with Crippen LogP contribution in [0.15, 0.2) is 12.3 Å². The van der Waals surface area contributed by atoms with Crippen LogP contribution in [0.3, 0.4) is 0 Å². The van der Waals surface area contributed by atoms with Gasteiger partial charge >= 0.3 is 5.97 Å². The summed E-state index contributed by atoms with van der Waals surface area (Å²) in [5, 5.41) is 8.76. The Bertz CT molecular complexity index is 366. The minimum absolute atomic E-state index is 0.134. The van der Waals surface area contributed by atoms with Crippen LogP contribution in [0, 0.1) is 0 Å². The molecule has 1 aromatic heterocycles. The lowest BCUT2D eigenvalue weighted by Gasteiger charge is -2.27. The molecule has 0 bridgehead atoms. The molecule has 1 saturated heterocycles. The SMILES string of the molecule is O=C(O)c1nccc(N2CCSCC2)n1. The highest BCUT2D eigenvalue weighted by Gasteiger charge is 2.14. The molecule has 2 heterocycles. The highest BCUT2D eigenvalue weighted by molar-refractivity contribution is 7.99. The van der Waals surface area contributed by atoms with Crippen LogP contribution in [0.5, 0.6) is 0 Å². The summed E-state index contributed by atoms with van der Waals surface area (Å²) in [4.78, 5) is 20.5. The number of anilines is 1. The predicted molar refractivity (Wildman–Crippen MR) is 58.5 cm³/mol. The quantitative estimate of drug-likeness (QED) is 0.800. The summed E-state index contributed by atoms with van der Waals surface area (Å²) >= 11 is 1.90. The molecule has 1 aliphatic rings. The number of aromatic carboxylic acids is 1. The minimum atomic E-state index is -1.08. The number of rotatable bonds is 2. The van der Waals surface area contributed by atoms with Gasteiger partial charge in [0, 0.05) is 30.8 Å². The van der Waals surface area contributed by atoms with Crippen LogP contribution in [0.25, 0.3) is 0 Å². The maximum atomic E-state index is 10.7. The fraction of sp³-hybridized carbons (Fsp3) is 0.444. The first-order valence-corrected chi connectivity index (χ1v) is 5.82. The van der Waals surface area contributed by atoms with Gasteiger partial charge in [0.2, 0.25) is 5.82 Å². The highest BCUT2D eigenvalue weighted by atomic mass is 32.2. The largest absolute Gasteiger partial charge is 0.475 e. The van der Waals surface area contributed by atoms with Gasteiger partial charge in [-0.3, -0.25) is 0 Å². The number of carboxylic acid groups (broad SMARTS) is 1. The van der Waals surface area contributed by atoms with E-state index in [0.29, 0.717) is 5.82 Å². The van der Waals surface area contributed by atoms with E-state index in [-0.39, 0.29) is 5.82 Å². The van der Waals surface area contributed by atoms with Crippen LogP contribution in [0.1, 0.15) is 10.6 Å². The van der Waals surface area contributed by atoms with E-state index in [2.05, 4.69) is 14.9 Å². The van der Waals surface area contributed by atoms with Crippen molar-refractivity contribution in [2.75, 3.05) is 29.5 Å². The lowest BCUT2D eigenvalue weighted by molar-refractivity contribution is 0.0683. The number of carboxylic acids is 1. The molecule has 1 aromatic rings. The van der Waals surface area contributed by atoms with Crippen LogP contribution >= 0.6 is 11.8 Å². The van der Waals surface area contributed by atoms with Gasteiger partial charge in [0.15, 0.2) is 0 Å². The van der Waals surface area contributed by atoms with Crippen molar-refractivity contribution in [2.24, 2.45) is 0 Å². The first-order valence-electron chi connectivity index (χ1n) is 4.66. The van der Waals surface area contributed by atoms with E-state index in [1.54, 1.807) is 6.07 Å². The van der Waals surface area contributed by atoms with E-state index in [1.807, 2.05) is 11.8 Å². The van der Waals surface area contributed by atoms with Crippen LogP contribution in [-0.4, -0.2) is 45.6 Å². The van der Waals surface area contributed by atoms with Gasteiger partial charge in [-0.25, -0.2) is 14.8 Å². The van der Waals surface area contributed by atoms with Gasteiger partial charge in [0.25, 0.3) is 0 Å². The third kappa shape index (κ3) is 2.38. The Morgan fingerprint density at radius 3 is 2.87 bits per heavy atom. The van der Waals surface area contributed by atoms with Crippen LogP contribution < -0.4 is 4.90 Å². The first-order chi connectivity index (χ1) is 7.27. The molecule has 0 spiro atoms. The van der Waals surface area contributed by atoms with Crippen molar-refractivity contribution in [1.82, 2.24) is 9.97 Å². The minimum Gasteiger partial charge on any atom is -0.475 e. The fourth-order valence-corrected chi connectivity index (χ4v) is 2.32. The predicted octanol–water partition coefficient (Wildman–Crippen LogP) is 0.728. The molecule has 5 nitrogen and oxygen atoms in total. The molecule has 0 aliphatic carbocycles. The molecule has 6 heteroatoms. The summed E-state index contributed by atoms with van der Waals surface area (Å²) < 4.78 is 0. The molecular weight excluding hydrogens is 214 g/mol. The summed E-state index contributed by atoms with van der Waals surface area (Å²) in [6, 6.07) is 1.75. The van der Waals surface area contributed by atoms with Crippen molar-refractivity contribution in [2.45, 2.75) is 0 Å². The fourth-order valence-electron chi connectivity index (χ4n) is 1.42. The maximum Gasteiger partial charge on any atom is 0.374 e. The molecule has 80 valence electrons. The van der Waals surface area contributed by atoms with E-state index in [4.69, 9.17) is 5.11 Å². The zero-order valence-corrected chi connectivity index (χ0v) is 8.90. The van der Waals surface area contributed by atoms with E-state index in [9.17, 15) is 4.79 Å². The summed E-state index contributed by atoms with van der Waals surface area (Å²) in [5.74, 6) is 1.62. The third-order valence-corrected chi connectivity index (χ3v) is 3.11. The van der Waals surface area contributed by atoms with Crippen molar-refractivity contribution in [1.29, 1.82) is 0 Å². The normalized spacial score (nSPS) is 16.4. The van der Waals surface area contributed by atoms with E-state index in [1.165, 1.54) is 6.20 Å². The molecule has 1 aliphatic heterocycles. The van der Waals surface area contributed by atoms with Crippen molar-refractivity contribution in [3.63, 3.8) is 0 Å². The van der Waals surface area contributed by atoms with Crippen molar-refractivity contribution >= 4 is 23.5 Å². The van der Waals surface area contributed by atoms with Gasteiger partial charge in [0.05, 0.1) is 0 Å². The first kappa shape index (κ1) is 10.2. The van der Waals surface area contributed by atoms with E-state index in [0.717, 1.165) is 24.6 Å². The molecule has 0 atom stereocenters. The molecule has 15 heavy (non-hydrogen) atoms. The maximum absolute atomic E-state index is 10.7. The summed E-state index contributed by atoms with van der Waals surface area (Å²) in [5.41, 5.74) is 0. The van der Waals surface area contributed by atoms with Crippen LogP contribution in [0.2, 0.25) is 0 Å². The number of hydrogen-bond donors (Lipinski definition) is 1. The van der Waals surface area contributed by atoms with Gasteiger partial charge in [-0.05, 0) is 6.07 Å². The van der Waals surface area contributed by atoms with Crippen molar-refractivity contribution in [3.05, 3.63) is 18.1 Å². The summed E-state index contributed by atoms with van der Waals surface area (Å²) in [6.07, 6.45) is 1.49. The number of thioether (sulfide) groups is 1. The Hall–Kier alpha value is -1.30. The zero-order chi connectivity index (χ0) is 10.7. The number of aromatic nitrogens is 2. The topological polar surface area (TPSA) is 66.3 Å². The number of nitrogens with zero attached hydrogens (tertiary/aromatic N) is 3. The molecule has 0 saturated carbocycles. The third-order valence-electron chi connectivity index (χ3n) is 2.17. The van der Waals surface area contributed by atoms with Crippen molar-refractivity contribution < 1.29 is 9.90 Å². The Labute approximate surface area is 91.5 Å². The molecule has 0 radical (unpaired) electrons. The van der Waals surface area contributed by atoms with Crippen molar-refractivity contribution in [3.8, 4) is 0 Å². The molecule has 1 N–H and O–H groups in total. The Morgan fingerprint density at radius 2 is 2.20 bits per heavy atom. The lowest BCUT2D eigenvalue weighted by Crippen LogP contribution is -2.33. The Kier molecular flexibility index (Phi) is 3.05. The van der Waals surface area contributed by atoms with E-state index >= 15 is 0 Å². The second-order valence-corrected chi connectivity index (χ2v) is 4.37. The molecule has 0 amide bonds. The Morgan fingerprint density at radius 1 is 1.47 bits per heavy atom. The monoisotopic (exact) mass is 225 g/mol. The molecule has 0 unspecified atom stereocenters. The second-order valence-electron chi connectivity index (χ2n) is 3.14. The van der Waals surface area contributed by atoms with Gasteiger partial charge in [-0.1, -0.05) is 0 Å². The average molecular weight is 225 g/mol. The van der Waals surface area contributed by atoms with Crippen LogP contribution in [-0.2, 0) is 0 Å². The van der Waals surface area contributed by atoms with Gasteiger partial charge < -0.3 is 10.0 Å². The van der Waals surface area contributed by atoms with Gasteiger partial charge in [0.1, 0.15) is 5.82 Å². The standard InChI is InChI=1S/C9H11N3O2S/c13-9(14)8-10-2-1-7(11-8)12-3-5-15-6-4-12/h1-2H,3-6H2,(H,13,14). The highest BCUT2D eigenvalue weighted by Crippen LogP contribution is 2.16. The van der Waals surface area contributed by atoms with Gasteiger partial charge in [-0.2, -0.15) is 11.8 Å². The Balaban J connectivity index is 2.19. The summed E-state index contributed by atoms with van der Waals surface area (Å²) in [6.45, 7) is 1.83. The molecule has 1 fully saturated rings. The molecule has 2 rings (SSSR count). The van der Waals surface area contributed by atoms with E-state index < -0.39 is 5.97 Å².